The number of carbonyl (C=O) groups is 1. The van der Waals surface area contributed by atoms with Crippen LogP contribution in [0.5, 0.6) is 0 Å². The van der Waals surface area contributed by atoms with Crippen LogP contribution in [0.25, 0.3) is 0 Å². The minimum Gasteiger partial charge on any atom is -0.379 e. The molecule has 3 rings (SSSR count). The fraction of sp³-hybridized carbons (Fsp3) is 0.722. The third-order valence-corrected chi connectivity index (χ3v) is 5.04. The SMILES string of the molecule is CN(C)CCOC[C@@H]1CN(C(=O)[C@@H]2CC=CCC2)Cc2nnn(C)c21. The summed E-state index contributed by atoms with van der Waals surface area (Å²) in [7, 11) is 5.99. The zero-order valence-electron chi connectivity index (χ0n) is 15.5. The van der Waals surface area contributed by atoms with Crippen molar-refractivity contribution >= 4 is 5.91 Å². The highest BCUT2D eigenvalue weighted by atomic mass is 16.5. The number of aromatic nitrogens is 3. The van der Waals surface area contributed by atoms with Crippen molar-refractivity contribution in [2.45, 2.75) is 31.7 Å². The Morgan fingerprint density at radius 3 is 2.96 bits per heavy atom. The van der Waals surface area contributed by atoms with Gasteiger partial charge in [0.25, 0.3) is 0 Å². The molecule has 138 valence electrons. The Balaban J connectivity index is 1.67. The zero-order chi connectivity index (χ0) is 17.8. The zero-order valence-corrected chi connectivity index (χ0v) is 15.5. The van der Waals surface area contributed by atoms with Crippen molar-refractivity contribution in [1.29, 1.82) is 0 Å². The first-order chi connectivity index (χ1) is 12.1. The van der Waals surface area contributed by atoms with Gasteiger partial charge in [0.05, 0.1) is 25.5 Å². The largest absolute Gasteiger partial charge is 0.379 e. The first-order valence-electron chi connectivity index (χ1n) is 9.11. The first kappa shape index (κ1) is 18.1. The topological polar surface area (TPSA) is 63.5 Å². The van der Waals surface area contributed by atoms with Crippen molar-refractivity contribution in [3.05, 3.63) is 23.5 Å². The van der Waals surface area contributed by atoms with Gasteiger partial charge >= 0.3 is 0 Å². The molecular formula is C18H29N5O2. The molecule has 2 heterocycles. The summed E-state index contributed by atoms with van der Waals surface area (Å²) in [5, 5.41) is 8.45. The van der Waals surface area contributed by atoms with Gasteiger partial charge in [-0.15, -0.1) is 5.10 Å². The van der Waals surface area contributed by atoms with E-state index >= 15 is 0 Å². The van der Waals surface area contributed by atoms with Crippen LogP contribution in [0.4, 0.5) is 0 Å². The van der Waals surface area contributed by atoms with Crippen LogP contribution in [0, 0.1) is 5.92 Å². The molecule has 7 nitrogen and oxygen atoms in total. The Kier molecular flexibility index (Phi) is 5.86. The molecule has 0 N–H and O–H groups in total. The number of hydrogen-bond acceptors (Lipinski definition) is 5. The Morgan fingerprint density at radius 1 is 1.40 bits per heavy atom. The fourth-order valence-corrected chi connectivity index (χ4v) is 3.67. The number of ether oxygens (including phenoxy) is 1. The van der Waals surface area contributed by atoms with Gasteiger partial charge in [-0.2, -0.15) is 0 Å². The molecule has 0 radical (unpaired) electrons. The molecule has 7 heteroatoms. The molecule has 1 amide bonds. The van der Waals surface area contributed by atoms with Crippen molar-refractivity contribution in [3.8, 4) is 0 Å². The van der Waals surface area contributed by atoms with Gasteiger partial charge in [-0.05, 0) is 33.4 Å². The third-order valence-electron chi connectivity index (χ3n) is 5.04. The molecule has 0 aromatic carbocycles. The van der Waals surface area contributed by atoms with Crippen LogP contribution < -0.4 is 0 Å². The predicted molar refractivity (Wildman–Crippen MR) is 95.0 cm³/mol. The molecule has 1 aromatic heterocycles. The molecule has 2 atom stereocenters. The number of carbonyl (C=O) groups excluding carboxylic acids is 1. The highest BCUT2D eigenvalue weighted by Gasteiger charge is 2.34. The average Bonchev–Trinajstić information content (AvgIpc) is 2.99. The monoisotopic (exact) mass is 347 g/mol. The quantitative estimate of drug-likeness (QED) is 0.571. The molecule has 25 heavy (non-hydrogen) atoms. The summed E-state index contributed by atoms with van der Waals surface area (Å²) in [6, 6.07) is 0. The molecular weight excluding hydrogens is 318 g/mol. The van der Waals surface area contributed by atoms with Gasteiger partial charge in [-0.1, -0.05) is 17.4 Å². The highest BCUT2D eigenvalue weighted by molar-refractivity contribution is 5.79. The van der Waals surface area contributed by atoms with E-state index in [4.69, 9.17) is 4.74 Å². The molecule has 0 saturated carbocycles. The smallest absolute Gasteiger partial charge is 0.226 e. The number of aryl methyl sites for hydroxylation is 1. The van der Waals surface area contributed by atoms with Gasteiger partial charge < -0.3 is 14.5 Å². The number of hydrogen-bond donors (Lipinski definition) is 0. The lowest BCUT2D eigenvalue weighted by Crippen LogP contribution is -2.43. The van der Waals surface area contributed by atoms with Crippen LogP contribution in [-0.4, -0.2) is 71.1 Å². The van der Waals surface area contributed by atoms with Crippen molar-refractivity contribution < 1.29 is 9.53 Å². The maximum absolute atomic E-state index is 12.9. The number of likely N-dealkylation sites (N-methyl/N-ethyl adjacent to an activating group) is 1. The number of amides is 1. The van der Waals surface area contributed by atoms with E-state index in [1.165, 1.54) is 0 Å². The standard InChI is InChI=1S/C18H29N5O2/c1-21(2)9-10-25-13-15-11-23(12-16-17(15)22(3)20-19-16)18(24)14-7-5-4-6-8-14/h4-5,14-15H,6-13H2,1-3H3/t14-,15+/m1/s1. The maximum Gasteiger partial charge on any atom is 0.226 e. The van der Waals surface area contributed by atoms with Gasteiger partial charge in [-0.25, -0.2) is 0 Å². The predicted octanol–water partition coefficient (Wildman–Crippen LogP) is 1.18. The number of nitrogens with zero attached hydrogens (tertiary/aromatic N) is 5. The van der Waals surface area contributed by atoms with Gasteiger partial charge in [0.15, 0.2) is 0 Å². The van der Waals surface area contributed by atoms with E-state index in [0.29, 0.717) is 26.3 Å². The average molecular weight is 347 g/mol. The Bertz CT molecular complexity index is 625. The molecule has 1 aliphatic heterocycles. The van der Waals surface area contributed by atoms with E-state index < -0.39 is 0 Å². The molecule has 0 fully saturated rings. The molecule has 0 unspecified atom stereocenters. The van der Waals surface area contributed by atoms with Crippen LogP contribution in [0.1, 0.15) is 36.6 Å². The van der Waals surface area contributed by atoms with Crippen LogP contribution >= 0.6 is 0 Å². The van der Waals surface area contributed by atoms with Crippen molar-refractivity contribution in [1.82, 2.24) is 24.8 Å². The van der Waals surface area contributed by atoms with Crippen LogP contribution in [-0.2, 0) is 23.1 Å². The second-order valence-electron chi connectivity index (χ2n) is 7.32. The van der Waals surface area contributed by atoms with Crippen molar-refractivity contribution in [2.75, 3.05) is 40.4 Å². The second kappa shape index (κ2) is 8.10. The number of allylic oxidation sites excluding steroid dienone is 2. The lowest BCUT2D eigenvalue weighted by Gasteiger charge is -2.34. The Hall–Kier alpha value is -1.73. The third kappa shape index (κ3) is 4.27. The van der Waals surface area contributed by atoms with Crippen LogP contribution in [0.3, 0.4) is 0 Å². The van der Waals surface area contributed by atoms with E-state index in [1.54, 1.807) is 0 Å². The number of rotatable bonds is 6. The molecule has 0 bridgehead atoms. The summed E-state index contributed by atoms with van der Waals surface area (Å²) >= 11 is 0. The van der Waals surface area contributed by atoms with E-state index in [2.05, 4.69) is 27.4 Å². The summed E-state index contributed by atoms with van der Waals surface area (Å²) in [6.45, 7) is 3.42. The highest BCUT2D eigenvalue weighted by Crippen LogP contribution is 2.29. The molecule has 1 aliphatic carbocycles. The van der Waals surface area contributed by atoms with Crippen LogP contribution in [0.15, 0.2) is 12.2 Å². The van der Waals surface area contributed by atoms with Crippen molar-refractivity contribution in [2.24, 2.45) is 13.0 Å². The minimum absolute atomic E-state index is 0.110. The summed E-state index contributed by atoms with van der Waals surface area (Å²) in [5.74, 6) is 0.492. The molecule has 2 aliphatic rings. The molecule has 0 spiro atoms. The molecule has 0 saturated heterocycles. The van der Waals surface area contributed by atoms with Gasteiger partial charge in [0, 0.05) is 32.0 Å². The summed E-state index contributed by atoms with van der Waals surface area (Å²) in [6.07, 6.45) is 7.10. The lowest BCUT2D eigenvalue weighted by atomic mass is 9.91. The van der Waals surface area contributed by atoms with Gasteiger partial charge in [0.1, 0.15) is 5.69 Å². The van der Waals surface area contributed by atoms with E-state index in [1.807, 2.05) is 30.7 Å². The fourth-order valence-electron chi connectivity index (χ4n) is 3.67. The van der Waals surface area contributed by atoms with Crippen molar-refractivity contribution in [3.63, 3.8) is 0 Å². The summed E-state index contributed by atoms with van der Waals surface area (Å²) in [4.78, 5) is 17.0. The lowest BCUT2D eigenvalue weighted by molar-refractivity contribution is -0.137. The minimum atomic E-state index is 0.110. The van der Waals surface area contributed by atoms with E-state index in [9.17, 15) is 4.79 Å². The number of fused-ring (bicyclic) bond motifs is 1. The Labute approximate surface area is 149 Å². The van der Waals surface area contributed by atoms with Crippen LogP contribution in [0.2, 0.25) is 0 Å². The van der Waals surface area contributed by atoms with Gasteiger partial charge in [0.2, 0.25) is 5.91 Å². The summed E-state index contributed by atoms with van der Waals surface area (Å²) < 4.78 is 7.71. The maximum atomic E-state index is 12.9. The molecule has 1 aromatic rings. The normalized spacial score (nSPS) is 23.1. The Morgan fingerprint density at radius 2 is 2.24 bits per heavy atom. The first-order valence-corrected chi connectivity index (χ1v) is 9.11. The second-order valence-corrected chi connectivity index (χ2v) is 7.32. The van der Waals surface area contributed by atoms with E-state index in [-0.39, 0.29) is 17.7 Å². The van der Waals surface area contributed by atoms with E-state index in [0.717, 1.165) is 37.2 Å². The summed E-state index contributed by atoms with van der Waals surface area (Å²) in [5.41, 5.74) is 2.02. The van der Waals surface area contributed by atoms with Gasteiger partial charge in [-0.3, -0.25) is 9.48 Å².